The summed E-state index contributed by atoms with van der Waals surface area (Å²) in [5.74, 6) is 1.73. The lowest BCUT2D eigenvalue weighted by Crippen LogP contribution is -2.38. The van der Waals surface area contributed by atoms with E-state index in [1.807, 2.05) is 19.3 Å². The summed E-state index contributed by atoms with van der Waals surface area (Å²) in [5.41, 5.74) is 1.25. The highest BCUT2D eigenvalue weighted by molar-refractivity contribution is 14.0. The maximum absolute atomic E-state index is 4.26. The summed E-state index contributed by atoms with van der Waals surface area (Å²) in [6.45, 7) is 6.46. The van der Waals surface area contributed by atoms with Crippen LogP contribution in [-0.4, -0.2) is 31.1 Å². The molecular weight excluding hydrogens is 399 g/mol. The smallest absolute Gasteiger partial charge is 0.190 e. The van der Waals surface area contributed by atoms with Crippen molar-refractivity contribution in [3.05, 3.63) is 30.1 Å². The standard InChI is InChI=1S/C18H32N4.HI/c1-16(2)9-6-4-5-7-13-21-18(19-3)22-14-11-17-10-8-12-20-15-17;/h8,10,12,15-16H,4-7,9,11,13-14H2,1-3H3,(H2,19,21,22);1H. The van der Waals surface area contributed by atoms with Gasteiger partial charge in [-0.2, -0.15) is 0 Å². The van der Waals surface area contributed by atoms with E-state index in [-0.39, 0.29) is 24.0 Å². The first kappa shape index (κ1) is 22.1. The Labute approximate surface area is 159 Å². The predicted molar refractivity (Wildman–Crippen MR) is 111 cm³/mol. The molecule has 0 saturated heterocycles. The van der Waals surface area contributed by atoms with Crippen LogP contribution in [0.2, 0.25) is 0 Å². The Balaban J connectivity index is 0.00000484. The van der Waals surface area contributed by atoms with Crippen LogP contribution in [0.1, 0.15) is 51.5 Å². The Hall–Kier alpha value is -0.850. The van der Waals surface area contributed by atoms with Crippen LogP contribution in [0.5, 0.6) is 0 Å². The van der Waals surface area contributed by atoms with E-state index in [1.165, 1.54) is 37.7 Å². The lowest BCUT2D eigenvalue weighted by Gasteiger charge is -2.12. The fraction of sp³-hybridized carbons (Fsp3) is 0.667. The van der Waals surface area contributed by atoms with Crippen LogP contribution >= 0.6 is 24.0 Å². The van der Waals surface area contributed by atoms with Gasteiger partial charge in [-0.05, 0) is 30.4 Å². The molecule has 0 radical (unpaired) electrons. The lowest BCUT2D eigenvalue weighted by molar-refractivity contribution is 0.518. The average Bonchev–Trinajstić information content (AvgIpc) is 2.53. The molecule has 23 heavy (non-hydrogen) atoms. The molecule has 0 aromatic carbocycles. The van der Waals surface area contributed by atoms with Crippen LogP contribution in [0.15, 0.2) is 29.5 Å². The number of unbranched alkanes of at least 4 members (excludes halogenated alkanes) is 3. The van der Waals surface area contributed by atoms with Gasteiger partial charge in [-0.15, -0.1) is 24.0 Å². The van der Waals surface area contributed by atoms with E-state index in [9.17, 15) is 0 Å². The second-order valence-electron chi connectivity index (χ2n) is 6.13. The molecule has 4 nitrogen and oxygen atoms in total. The summed E-state index contributed by atoms with van der Waals surface area (Å²) in [5, 5.41) is 6.72. The normalized spacial score (nSPS) is 11.2. The van der Waals surface area contributed by atoms with Gasteiger partial charge in [0, 0.05) is 32.5 Å². The number of aromatic nitrogens is 1. The number of aliphatic imine (C=N–C) groups is 1. The molecule has 0 atom stereocenters. The van der Waals surface area contributed by atoms with Gasteiger partial charge in [0.15, 0.2) is 5.96 Å². The van der Waals surface area contributed by atoms with E-state index in [1.54, 1.807) is 6.20 Å². The summed E-state index contributed by atoms with van der Waals surface area (Å²) in [6, 6.07) is 4.07. The molecule has 1 aromatic rings. The van der Waals surface area contributed by atoms with E-state index in [4.69, 9.17) is 0 Å². The van der Waals surface area contributed by atoms with Gasteiger partial charge < -0.3 is 10.6 Å². The number of hydrogen-bond donors (Lipinski definition) is 2. The molecule has 132 valence electrons. The second-order valence-corrected chi connectivity index (χ2v) is 6.13. The van der Waals surface area contributed by atoms with Crippen molar-refractivity contribution in [2.75, 3.05) is 20.1 Å². The second kappa shape index (κ2) is 14.7. The van der Waals surface area contributed by atoms with Crippen molar-refractivity contribution in [3.8, 4) is 0 Å². The summed E-state index contributed by atoms with van der Waals surface area (Å²) < 4.78 is 0. The van der Waals surface area contributed by atoms with Crippen LogP contribution in [-0.2, 0) is 6.42 Å². The maximum atomic E-state index is 4.26. The quantitative estimate of drug-likeness (QED) is 0.254. The zero-order valence-corrected chi connectivity index (χ0v) is 17.2. The highest BCUT2D eigenvalue weighted by Gasteiger charge is 1.98. The molecule has 2 N–H and O–H groups in total. The molecule has 0 fully saturated rings. The summed E-state index contributed by atoms with van der Waals surface area (Å²) >= 11 is 0. The zero-order valence-electron chi connectivity index (χ0n) is 14.8. The lowest BCUT2D eigenvalue weighted by atomic mass is 10.0. The van der Waals surface area contributed by atoms with E-state index in [2.05, 4.69) is 40.5 Å². The van der Waals surface area contributed by atoms with Gasteiger partial charge in [0.05, 0.1) is 0 Å². The van der Waals surface area contributed by atoms with Crippen molar-refractivity contribution in [1.29, 1.82) is 0 Å². The van der Waals surface area contributed by atoms with Crippen molar-refractivity contribution in [2.24, 2.45) is 10.9 Å². The summed E-state index contributed by atoms with van der Waals surface area (Å²) in [6.07, 6.45) is 11.2. The van der Waals surface area contributed by atoms with Crippen molar-refractivity contribution in [1.82, 2.24) is 15.6 Å². The van der Waals surface area contributed by atoms with Gasteiger partial charge in [-0.3, -0.25) is 9.98 Å². The SMILES string of the molecule is CN=C(NCCCCCCC(C)C)NCCc1cccnc1.I. The first-order valence-corrected chi connectivity index (χ1v) is 8.55. The Morgan fingerprint density at radius 2 is 1.87 bits per heavy atom. The molecule has 5 heteroatoms. The number of hydrogen-bond acceptors (Lipinski definition) is 2. The fourth-order valence-corrected chi connectivity index (χ4v) is 2.33. The first-order valence-electron chi connectivity index (χ1n) is 8.55. The number of pyridine rings is 1. The number of nitrogens with one attached hydrogen (secondary N) is 2. The molecule has 1 aromatic heterocycles. The molecule has 0 aliphatic carbocycles. The third kappa shape index (κ3) is 12.3. The molecular formula is C18H33IN4. The molecule has 0 aliphatic rings. The van der Waals surface area contributed by atoms with Crippen molar-refractivity contribution in [2.45, 2.75) is 52.4 Å². The van der Waals surface area contributed by atoms with Crippen molar-refractivity contribution < 1.29 is 0 Å². The third-order valence-corrected chi connectivity index (χ3v) is 3.65. The molecule has 1 rings (SSSR count). The Morgan fingerprint density at radius 3 is 2.52 bits per heavy atom. The van der Waals surface area contributed by atoms with Gasteiger partial charge in [0.2, 0.25) is 0 Å². The summed E-state index contributed by atoms with van der Waals surface area (Å²) in [4.78, 5) is 8.38. The van der Waals surface area contributed by atoms with Gasteiger partial charge in [-0.1, -0.05) is 45.6 Å². The van der Waals surface area contributed by atoms with E-state index >= 15 is 0 Å². The predicted octanol–water partition coefficient (Wildman–Crippen LogP) is 4.01. The molecule has 0 amide bonds. The minimum Gasteiger partial charge on any atom is -0.356 e. The molecule has 1 heterocycles. The third-order valence-electron chi connectivity index (χ3n) is 3.65. The monoisotopic (exact) mass is 432 g/mol. The minimum atomic E-state index is 0. The highest BCUT2D eigenvalue weighted by atomic mass is 127. The Kier molecular flexibility index (Phi) is 14.2. The number of halogens is 1. The van der Waals surface area contributed by atoms with Crippen LogP contribution in [0.4, 0.5) is 0 Å². The number of guanidine groups is 1. The zero-order chi connectivity index (χ0) is 16.0. The van der Waals surface area contributed by atoms with E-state index in [0.29, 0.717) is 0 Å². The molecule has 0 bridgehead atoms. The van der Waals surface area contributed by atoms with E-state index < -0.39 is 0 Å². The van der Waals surface area contributed by atoms with Gasteiger partial charge in [0.1, 0.15) is 0 Å². The molecule has 0 unspecified atom stereocenters. The average molecular weight is 432 g/mol. The highest BCUT2D eigenvalue weighted by Crippen LogP contribution is 2.08. The van der Waals surface area contributed by atoms with Crippen LogP contribution in [0.3, 0.4) is 0 Å². The maximum Gasteiger partial charge on any atom is 0.190 e. The van der Waals surface area contributed by atoms with Crippen LogP contribution < -0.4 is 10.6 Å². The van der Waals surface area contributed by atoms with Crippen molar-refractivity contribution in [3.63, 3.8) is 0 Å². The van der Waals surface area contributed by atoms with Crippen LogP contribution in [0, 0.1) is 5.92 Å². The minimum absolute atomic E-state index is 0. The number of rotatable bonds is 10. The van der Waals surface area contributed by atoms with Crippen molar-refractivity contribution >= 4 is 29.9 Å². The molecule has 0 saturated carbocycles. The molecule has 0 aliphatic heterocycles. The van der Waals surface area contributed by atoms with Gasteiger partial charge >= 0.3 is 0 Å². The topological polar surface area (TPSA) is 49.3 Å². The fourth-order valence-electron chi connectivity index (χ4n) is 2.33. The summed E-state index contributed by atoms with van der Waals surface area (Å²) in [7, 11) is 1.82. The van der Waals surface area contributed by atoms with Crippen LogP contribution in [0.25, 0.3) is 0 Å². The van der Waals surface area contributed by atoms with E-state index in [0.717, 1.165) is 31.4 Å². The van der Waals surface area contributed by atoms with Gasteiger partial charge in [-0.25, -0.2) is 0 Å². The van der Waals surface area contributed by atoms with Gasteiger partial charge in [0.25, 0.3) is 0 Å². The first-order chi connectivity index (χ1) is 10.7. The Morgan fingerprint density at radius 1 is 1.13 bits per heavy atom. The number of nitrogens with zero attached hydrogens (tertiary/aromatic N) is 2. The largest absolute Gasteiger partial charge is 0.356 e. The molecule has 0 spiro atoms. The Bertz CT molecular complexity index is 407.